The summed E-state index contributed by atoms with van der Waals surface area (Å²) in [6, 6.07) is 8.57. The van der Waals surface area contributed by atoms with Gasteiger partial charge in [-0.1, -0.05) is 38.1 Å². The predicted octanol–water partition coefficient (Wildman–Crippen LogP) is 2.94. The standard InChI is InChI=1S/C14H24N2/c1-10(2)11-5-7-12(8-6-11)13(15)9-14(3,4)16/h5-8,10,13H,9,15-16H2,1-4H3. The molecule has 1 rings (SSSR count). The van der Waals surface area contributed by atoms with Gasteiger partial charge in [-0.25, -0.2) is 0 Å². The van der Waals surface area contributed by atoms with Gasteiger partial charge >= 0.3 is 0 Å². The lowest BCUT2D eigenvalue weighted by Gasteiger charge is -2.23. The first-order valence-electron chi connectivity index (χ1n) is 5.94. The van der Waals surface area contributed by atoms with Crippen molar-refractivity contribution in [3.63, 3.8) is 0 Å². The fourth-order valence-electron chi connectivity index (χ4n) is 1.81. The highest BCUT2D eigenvalue weighted by Gasteiger charge is 2.17. The quantitative estimate of drug-likeness (QED) is 0.819. The van der Waals surface area contributed by atoms with Gasteiger partial charge in [-0.15, -0.1) is 0 Å². The van der Waals surface area contributed by atoms with E-state index in [1.54, 1.807) is 0 Å². The van der Waals surface area contributed by atoms with Crippen molar-refractivity contribution in [1.82, 2.24) is 0 Å². The zero-order valence-electron chi connectivity index (χ0n) is 10.8. The maximum atomic E-state index is 6.13. The summed E-state index contributed by atoms with van der Waals surface area (Å²) in [7, 11) is 0. The van der Waals surface area contributed by atoms with Crippen LogP contribution in [0.25, 0.3) is 0 Å². The predicted molar refractivity (Wildman–Crippen MR) is 70.3 cm³/mol. The van der Waals surface area contributed by atoms with Gasteiger partial charge in [0.1, 0.15) is 0 Å². The van der Waals surface area contributed by atoms with E-state index in [4.69, 9.17) is 11.5 Å². The lowest BCUT2D eigenvalue weighted by molar-refractivity contribution is 0.429. The fourth-order valence-corrected chi connectivity index (χ4v) is 1.81. The Hall–Kier alpha value is -0.860. The third-order valence-electron chi connectivity index (χ3n) is 2.78. The minimum atomic E-state index is -0.212. The summed E-state index contributed by atoms with van der Waals surface area (Å²) in [5.41, 5.74) is 14.4. The van der Waals surface area contributed by atoms with Crippen molar-refractivity contribution in [3.8, 4) is 0 Å². The Morgan fingerprint density at radius 3 is 1.88 bits per heavy atom. The fraction of sp³-hybridized carbons (Fsp3) is 0.571. The molecule has 1 aromatic rings. The van der Waals surface area contributed by atoms with Crippen molar-refractivity contribution in [2.24, 2.45) is 11.5 Å². The van der Waals surface area contributed by atoms with Crippen LogP contribution in [-0.4, -0.2) is 5.54 Å². The number of hydrogen-bond donors (Lipinski definition) is 2. The molecule has 1 unspecified atom stereocenters. The van der Waals surface area contributed by atoms with Gasteiger partial charge in [0.05, 0.1) is 0 Å². The molecule has 0 heterocycles. The van der Waals surface area contributed by atoms with Gasteiger partial charge in [-0.3, -0.25) is 0 Å². The average molecular weight is 220 g/mol. The van der Waals surface area contributed by atoms with Crippen LogP contribution in [-0.2, 0) is 0 Å². The Balaban J connectivity index is 2.74. The van der Waals surface area contributed by atoms with Gasteiger partial charge < -0.3 is 11.5 Å². The summed E-state index contributed by atoms with van der Waals surface area (Å²) >= 11 is 0. The molecule has 16 heavy (non-hydrogen) atoms. The first-order chi connectivity index (χ1) is 7.29. The second-order valence-electron chi connectivity index (χ2n) is 5.62. The van der Waals surface area contributed by atoms with E-state index in [1.807, 2.05) is 13.8 Å². The molecule has 90 valence electrons. The third kappa shape index (κ3) is 3.95. The molecular formula is C14H24N2. The van der Waals surface area contributed by atoms with Crippen LogP contribution in [0.3, 0.4) is 0 Å². The van der Waals surface area contributed by atoms with Gasteiger partial charge in [-0.2, -0.15) is 0 Å². The third-order valence-corrected chi connectivity index (χ3v) is 2.78. The molecule has 0 aliphatic rings. The number of rotatable bonds is 4. The van der Waals surface area contributed by atoms with E-state index >= 15 is 0 Å². The number of benzene rings is 1. The Morgan fingerprint density at radius 1 is 1.06 bits per heavy atom. The summed E-state index contributed by atoms with van der Waals surface area (Å²) in [5, 5.41) is 0. The van der Waals surface area contributed by atoms with Crippen LogP contribution in [0, 0.1) is 0 Å². The van der Waals surface area contributed by atoms with Gasteiger partial charge in [0, 0.05) is 11.6 Å². The first-order valence-corrected chi connectivity index (χ1v) is 5.94. The largest absolute Gasteiger partial charge is 0.325 e. The van der Waals surface area contributed by atoms with Crippen LogP contribution >= 0.6 is 0 Å². The van der Waals surface area contributed by atoms with Crippen molar-refractivity contribution < 1.29 is 0 Å². The summed E-state index contributed by atoms with van der Waals surface area (Å²) in [6.07, 6.45) is 0.800. The Bertz CT molecular complexity index is 320. The van der Waals surface area contributed by atoms with Crippen LogP contribution in [0.2, 0.25) is 0 Å². The SMILES string of the molecule is CC(C)c1ccc(C(N)CC(C)(C)N)cc1. The van der Waals surface area contributed by atoms with Crippen LogP contribution in [0.5, 0.6) is 0 Å². The second kappa shape index (κ2) is 4.98. The lowest BCUT2D eigenvalue weighted by Crippen LogP contribution is -2.35. The molecule has 0 aliphatic carbocycles. The smallest absolute Gasteiger partial charge is 0.0312 e. The van der Waals surface area contributed by atoms with E-state index in [1.165, 1.54) is 11.1 Å². The molecule has 0 radical (unpaired) electrons. The molecule has 0 spiro atoms. The van der Waals surface area contributed by atoms with Gasteiger partial charge in [0.2, 0.25) is 0 Å². The number of hydrogen-bond acceptors (Lipinski definition) is 2. The summed E-state index contributed by atoms with van der Waals surface area (Å²) in [5.74, 6) is 0.566. The topological polar surface area (TPSA) is 52.0 Å². The molecule has 4 N–H and O–H groups in total. The molecule has 2 heteroatoms. The van der Waals surface area contributed by atoms with Crippen LogP contribution in [0.15, 0.2) is 24.3 Å². The van der Waals surface area contributed by atoms with Gasteiger partial charge in [-0.05, 0) is 37.3 Å². The highest BCUT2D eigenvalue weighted by Crippen LogP contribution is 2.22. The monoisotopic (exact) mass is 220 g/mol. The van der Waals surface area contributed by atoms with E-state index in [2.05, 4.69) is 38.1 Å². The average Bonchev–Trinajstić information content (AvgIpc) is 2.15. The number of nitrogens with two attached hydrogens (primary N) is 2. The second-order valence-corrected chi connectivity index (χ2v) is 5.62. The van der Waals surface area contributed by atoms with E-state index in [0.29, 0.717) is 5.92 Å². The van der Waals surface area contributed by atoms with Crippen molar-refractivity contribution in [2.75, 3.05) is 0 Å². The summed E-state index contributed by atoms with van der Waals surface area (Å²) < 4.78 is 0. The molecule has 0 aliphatic heterocycles. The van der Waals surface area contributed by atoms with Crippen molar-refractivity contribution in [2.45, 2.75) is 51.6 Å². The minimum absolute atomic E-state index is 0.0289. The van der Waals surface area contributed by atoms with E-state index in [9.17, 15) is 0 Å². The summed E-state index contributed by atoms with van der Waals surface area (Å²) in [6.45, 7) is 8.40. The maximum absolute atomic E-state index is 6.13. The van der Waals surface area contributed by atoms with E-state index in [-0.39, 0.29) is 11.6 Å². The molecule has 0 saturated heterocycles. The Morgan fingerprint density at radius 2 is 1.50 bits per heavy atom. The zero-order valence-corrected chi connectivity index (χ0v) is 10.8. The Kier molecular flexibility index (Phi) is 4.11. The molecule has 1 atom stereocenters. The molecule has 0 aromatic heterocycles. The van der Waals surface area contributed by atoms with E-state index < -0.39 is 0 Å². The lowest BCUT2D eigenvalue weighted by atomic mass is 9.91. The van der Waals surface area contributed by atoms with Gasteiger partial charge in [0.25, 0.3) is 0 Å². The first kappa shape index (κ1) is 13.2. The highest BCUT2D eigenvalue weighted by molar-refractivity contribution is 5.26. The summed E-state index contributed by atoms with van der Waals surface area (Å²) in [4.78, 5) is 0. The minimum Gasteiger partial charge on any atom is -0.325 e. The molecule has 1 aromatic carbocycles. The Labute approximate surface area is 99.0 Å². The zero-order chi connectivity index (χ0) is 12.3. The van der Waals surface area contributed by atoms with Gasteiger partial charge in [0.15, 0.2) is 0 Å². The normalized spacial score (nSPS) is 14.2. The van der Waals surface area contributed by atoms with Crippen LogP contribution in [0.4, 0.5) is 0 Å². The molecule has 0 fully saturated rings. The maximum Gasteiger partial charge on any atom is 0.0312 e. The molecule has 0 saturated carbocycles. The molecule has 0 bridgehead atoms. The van der Waals surface area contributed by atoms with E-state index in [0.717, 1.165) is 6.42 Å². The van der Waals surface area contributed by atoms with Crippen LogP contribution < -0.4 is 11.5 Å². The molecule has 2 nitrogen and oxygen atoms in total. The molecule has 0 amide bonds. The van der Waals surface area contributed by atoms with Crippen molar-refractivity contribution in [1.29, 1.82) is 0 Å². The van der Waals surface area contributed by atoms with Crippen molar-refractivity contribution >= 4 is 0 Å². The van der Waals surface area contributed by atoms with Crippen molar-refractivity contribution in [3.05, 3.63) is 35.4 Å². The van der Waals surface area contributed by atoms with Crippen LogP contribution in [0.1, 0.15) is 57.2 Å². The highest BCUT2D eigenvalue weighted by atomic mass is 14.7. The molecular weight excluding hydrogens is 196 g/mol.